The Morgan fingerprint density at radius 1 is 1.11 bits per heavy atom. The normalized spacial score (nSPS) is 10.6. The highest BCUT2D eigenvalue weighted by atomic mass is 32.2. The molecule has 0 radical (unpaired) electrons. The monoisotopic (exact) mass is 401 g/mol. The van der Waals surface area contributed by atoms with Gasteiger partial charge in [-0.15, -0.1) is 11.8 Å². The molecular formula is C22H27NO4S. The van der Waals surface area contributed by atoms with E-state index in [1.807, 2.05) is 12.3 Å². The van der Waals surface area contributed by atoms with Gasteiger partial charge in [0.1, 0.15) is 11.3 Å². The van der Waals surface area contributed by atoms with Crippen molar-refractivity contribution in [2.45, 2.75) is 31.1 Å². The highest BCUT2D eigenvalue weighted by molar-refractivity contribution is 7.98. The molecule has 0 aliphatic carbocycles. The molecule has 150 valence electrons. The lowest BCUT2D eigenvalue weighted by atomic mass is 10.0. The van der Waals surface area contributed by atoms with Gasteiger partial charge in [0.25, 0.3) is 5.91 Å². The van der Waals surface area contributed by atoms with Crippen LogP contribution < -0.4 is 10.1 Å². The molecule has 1 N–H and O–H groups in total. The minimum absolute atomic E-state index is 0.304. The third-order valence-electron chi connectivity index (χ3n) is 4.35. The Labute approximate surface area is 170 Å². The molecule has 0 fully saturated rings. The number of carbonyl (C=O) groups is 2. The molecule has 0 atom stereocenters. The van der Waals surface area contributed by atoms with Crippen LogP contribution in [-0.4, -0.2) is 38.4 Å². The van der Waals surface area contributed by atoms with Gasteiger partial charge in [-0.25, -0.2) is 4.79 Å². The fourth-order valence-corrected chi connectivity index (χ4v) is 3.07. The third-order valence-corrected chi connectivity index (χ3v) is 5.07. The van der Waals surface area contributed by atoms with E-state index >= 15 is 0 Å². The summed E-state index contributed by atoms with van der Waals surface area (Å²) in [6, 6.07) is 13.6. The van der Waals surface area contributed by atoms with Crippen LogP contribution in [0.1, 0.15) is 41.3 Å². The van der Waals surface area contributed by atoms with Crippen LogP contribution in [0.2, 0.25) is 0 Å². The highest BCUT2D eigenvalue weighted by Crippen LogP contribution is 2.25. The summed E-state index contributed by atoms with van der Waals surface area (Å²) in [6.45, 7) is 4.48. The minimum atomic E-state index is -0.580. The molecule has 5 nitrogen and oxygen atoms in total. The predicted octanol–water partition coefficient (Wildman–Crippen LogP) is 4.06. The fourth-order valence-electron chi connectivity index (χ4n) is 2.64. The Morgan fingerprint density at radius 2 is 1.82 bits per heavy atom. The molecule has 2 aromatic carbocycles. The molecule has 0 saturated heterocycles. The van der Waals surface area contributed by atoms with E-state index in [2.05, 4.69) is 43.4 Å². The number of ether oxygens (including phenoxy) is 2. The molecule has 0 heterocycles. The molecule has 6 heteroatoms. The molecule has 0 aliphatic rings. The lowest BCUT2D eigenvalue weighted by molar-refractivity contribution is -0.124. The van der Waals surface area contributed by atoms with Crippen LogP contribution in [0.5, 0.6) is 5.75 Å². The molecule has 0 unspecified atom stereocenters. The summed E-state index contributed by atoms with van der Waals surface area (Å²) in [5.74, 6) is 0.0249. The lowest BCUT2D eigenvalue weighted by Crippen LogP contribution is -2.30. The first kappa shape index (κ1) is 21.8. The number of esters is 1. The van der Waals surface area contributed by atoms with E-state index in [9.17, 15) is 9.59 Å². The maximum absolute atomic E-state index is 12.2. The van der Waals surface area contributed by atoms with Gasteiger partial charge in [0, 0.05) is 11.4 Å². The van der Waals surface area contributed by atoms with E-state index in [4.69, 9.17) is 9.47 Å². The first-order valence-corrected chi connectivity index (χ1v) is 10.4. The van der Waals surface area contributed by atoms with E-state index < -0.39 is 5.97 Å². The molecule has 0 bridgehead atoms. The van der Waals surface area contributed by atoms with Crippen molar-refractivity contribution < 1.29 is 19.1 Å². The smallest absolute Gasteiger partial charge is 0.342 e. The van der Waals surface area contributed by atoms with Crippen molar-refractivity contribution in [1.29, 1.82) is 0 Å². The summed E-state index contributed by atoms with van der Waals surface area (Å²) >= 11 is 1.55. The zero-order valence-corrected chi connectivity index (χ0v) is 17.6. The van der Waals surface area contributed by atoms with Gasteiger partial charge in [-0.3, -0.25) is 4.79 Å². The van der Waals surface area contributed by atoms with Gasteiger partial charge in [0.2, 0.25) is 0 Å². The SMILES string of the molecule is COc1cc(SC)ccc1C(=O)OCC(=O)NCCc1ccc(C(C)C)cc1. The maximum atomic E-state index is 12.2. The number of benzene rings is 2. The van der Waals surface area contributed by atoms with E-state index in [-0.39, 0.29) is 12.5 Å². The zero-order chi connectivity index (χ0) is 20.5. The average molecular weight is 402 g/mol. The summed E-state index contributed by atoms with van der Waals surface area (Å²) in [5, 5.41) is 2.77. The summed E-state index contributed by atoms with van der Waals surface area (Å²) in [6.07, 6.45) is 2.66. The predicted molar refractivity (Wildman–Crippen MR) is 112 cm³/mol. The molecule has 2 rings (SSSR count). The van der Waals surface area contributed by atoms with Crippen LogP contribution in [-0.2, 0) is 16.0 Å². The van der Waals surface area contributed by atoms with Crippen LogP contribution in [0, 0.1) is 0 Å². The van der Waals surface area contributed by atoms with Gasteiger partial charge in [0.05, 0.1) is 7.11 Å². The number of carbonyl (C=O) groups excluding carboxylic acids is 2. The Balaban J connectivity index is 1.78. The Bertz CT molecular complexity index is 803. The topological polar surface area (TPSA) is 64.6 Å². The molecule has 28 heavy (non-hydrogen) atoms. The second-order valence-electron chi connectivity index (χ2n) is 6.64. The first-order chi connectivity index (χ1) is 13.4. The number of rotatable bonds is 9. The molecular weight excluding hydrogens is 374 g/mol. The summed E-state index contributed by atoms with van der Waals surface area (Å²) < 4.78 is 10.4. The van der Waals surface area contributed by atoms with Gasteiger partial charge < -0.3 is 14.8 Å². The second-order valence-corrected chi connectivity index (χ2v) is 7.52. The summed E-state index contributed by atoms with van der Waals surface area (Å²) in [4.78, 5) is 25.1. The number of amides is 1. The molecule has 1 amide bonds. The summed E-state index contributed by atoms with van der Waals surface area (Å²) in [7, 11) is 1.50. The van der Waals surface area contributed by atoms with Crippen molar-refractivity contribution in [2.75, 3.05) is 26.5 Å². The van der Waals surface area contributed by atoms with Gasteiger partial charge >= 0.3 is 5.97 Å². The van der Waals surface area contributed by atoms with E-state index in [0.717, 1.165) is 16.9 Å². The zero-order valence-electron chi connectivity index (χ0n) is 16.8. The minimum Gasteiger partial charge on any atom is -0.496 e. The number of nitrogens with one attached hydrogen (secondary N) is 1. The summed E-state index contributed by atoms with van der Waals surface area (Å²) in [5.41, 5.74) is 2.75. The van der Waals surface area contributed by atoms with E-state index in [0.29, 0.717) is 23.8 Å². The van der Waals surface area contributed by atoms with Crippen LogP contribution in [0.15, 0.2) is 47.4 Å². The number of hydrogen-bond acceptors (Lipinski definition) is 5. The Morgan fingerprint density at radius 3 is 2.43 bits per heavy atom. The van der Waals surface area contributed by atoms with Gasteiger partial charge in [-0.2, -0.15) is 0 Å². The molecule has 0 aliphatic heterocycles. The van der Waals surface area contributed by atoms with Crippen LogP contribution in [0.25, 0.3) is 0 Å². The molecule has 0 saturated carbocycles. The largest absolute Gasteiger partial charge is 0.496 e. The molecule has 0 aromatic heterocycles. The second kappa shape index (κ2) is 10.8. The first-order valence-electron chi connectivity index (χ1n) is 9.19. The highest BCUT2D eigenvalue weighted by Gasteiger charge is 2.15. The van der Waals surface area contributed by atoms with Gasteiger partial charge in [0.15, 0.2) is 6.61 Å². The number of hydrogen-bond donors (Lipinski definition) is 1. The maximum Gasteiger partial charge on any atom is 0.342 e. The van der Waals surface area contributed by atoms with E-state index in [1.54, 1.807) is 23.9 Å². The quantitative estimate of drug-likeness (QED) is 0.507. The Hall–Kier alpha value is -2.47. The van der Waals surface area contributed by atoms with Gasteiger partial charge in [-0.1, -0.05) is 38.1 Å². The number of thioether (sulfide) groups is 1. The third kappa shape index (κ3) is 6.30. The van der Waals surface area contributed by atoms with Crippen molar-refractivity contribution in [2.24, 2.45) is 0 Å². The van der Waals surface area contributed by atoms with Crippen molar-refractivity contribution in [3.63, 3.8) is 0 Å². The van der Waals surface area contributed by atoms with Crippen molar-refractivity contribution >= 4 is 23.6 Å². The standard InChI is InChI=1S/C22H27NO4S/c1-15(2)17-7-5-16(6-8-17)11-12-23-21(24)14-27-22(25)19-10-9-18(28-4)13-20(19)26-3/h5-10,13,15H,11-12,14H2,1-4H3,(H,23,24). The van der Waals surface area contributed by atoms with Crippen molar-refractivity contribution in [3.05, 3.63) is 59.2 Å². The average Bonchev–Trinajstić information content (AvgIpc) is 2.71. The molecule has 0 spiro atoms. The van der Waals surface area contributed by atoms with Gasteiger partial charge in [-0.05, 0) is 47.9 Å². The van der Waals surface area contributed by atoms with Crippen LogP contribution in [0.3, 0.4) is 0 Å². The fraction of sp³-hybridized carbons (Fsp3) is 0.364. The number of methoxy groups -OCH3 is 1. The van der Waals surface area contributed by atoms with Crippen LogP contribution >= 0.6 is 11.8 Å². The van der Waals surface area contributed by atoms with Crippen molar-refractivity contribution in [3.8, 4) is 5.75 Å². The lowest BCUT2D eigenvalue weighted by Gasteiger charge is -2.10. The molecule has 2 aromatic rings. The van der Waals surface area contributed by atoms with Crippen molar-refractivity contribution in [1.82, 2.24) is 5.32 Å². The van der Waals surface area contributed by atoms with Crippen LogP contribution in [0.4, 0.5) is 0 Å². The van der Waals surface area contributed by atoms with E-state index in [1.165, 1.54) is 12.7 Å². The Kier molecular flexibility index (Phi) is 8.39.